The van der Waals surface area contributed by atoms with Crippen molar-refractivity contribution in [1.82, 2.24) is 14.4 Å². The Bertz CT molecular complexity index is 1790. The molecule has 0 unspecified atom stereocenters. The van der Waals surface area contributed by atoms with Crippen molar-refractivity contribution in [1.29, 1.82) is 0 Å². The minimum Gasteiger partial charge on any atom is -0.493 e. The third kappa shape index (κ3) is 6.37. The number of ether oxygens (including phenoxy) is 2. The zero-order valence-corrected chi connectivity index (χ0v) is 25.0. The Labute approximate surface area is 243 Å². The zero-order valence-electron chi connectivity index (χ0n) is 23.4. The molecule has 2 aromatic heterocycles. The number of carbonyl (C=O) groups excluding carboxylic acids is 1. The molecule has 15 heteroatoms. The van der Waals surface area contributed by atoms with E-state index in [2.05, 4.69) is 20.2 Å². The van der Waals surface area contributed by atoms with E-state index in [0.29, 0.717) is 0 Å². The van der Waals surface area contributed by atoms with Crippen molar-refractivity contribution >= 4 is 37.3 Å². The Morgan fingerprint density at radius 3 is 2.24 bits per heavy atom. The Balaban J connectivity index is 1.60. The van der Waals surface area contributed by atoms with Crippen LogP contribution in [0.5, 0.6) is 11.5 Å². The smallest absolute Gasteiger partial charge is 0.267 e. The first-order chi connectivity index (χ1) is 19.9. The Kier molecular flexibility index (Phi) is 8.84. The van der Waals surface area contributed by atoms with E-state index in [0.717, 1.165) is 5.56 Å². The number of aromatic nitrogens is 2. The molecular formula is C27H29N5O8S2. The van der Waals surface area contributed by atoms with Crippen LogP contribution in [0.25, 0.3) is 0 Å². The SMILES string of the molecule is COc1cc(NS(=O)(=O)c2c(C)noc2C)c(C(=O)Nc2ccc(S(=O)(=O)N(C)Cc3cccnc3)cc2)cc1OC. The Hall–Kier alpha value is -4.47. The lowest BCUT2D eigenvalue weighted by Gasteiger charge is -2.18. The molecule has 4 rings (SSSR count). The van der Waals surface area contributed by atoms with Crippen LogP contribution in [0.4, 0.5) is 11.4 Å². The third-order valence-electron chi connectivity index (χ3n) is 6.20. The molecule has 0 aliphatic heterocycles. The largest absolute Gasteiger partial charge is 0.493 e. The molecule has 2 heterocycles. The van der Waals surface area contributed by atoms with Crippen molar-refractivity contribution in [3.8, 4) is 11.5 Å². The van der Waals surface area contributed by atoms with Gasteiger partial charge in [0.2, 0.25) is 10.0 Å². The van der Waals surface area contributed by atoms with Crippen LogP contribution in [0.3, 0.4) is 0 Å². The molecule has 0 atom stereocenters. The van der Waals surface area contributed by atoms with E-state index in [-0.39, 0.29) is 56.2 Å². The summed E-state index contributed by atoms with van der Waals surface area (Å²) in [6, 6.07) is 11.7. The van der Waals surface area contributed by atoms with Crippen molar-refractivity contribution in [2.75, 3.05) is 31.3 Å². The van der Waals surface area contributed by atoms with Crippen LogP contribution in [0.15, 0.2) is 75.2 Å². The van der Waals surface area contributed by atoms with Gasteiger partial charge in [-0.1, -0.05) is 11.2 Å². The Morgan fingerprint density at radius 1 is 1.00 bits per heavy atom. The number of benzene rings is 2. The summed E-state index contributed by atoms with van der Waals surface area (Å²) in [6.07, 6.45) is 3.19. The number of nitrogens with zero attached hydrogens (tertiary/aromatic N) is 3. The number of carbonyl (C=O) groups is 1. The van der Waals surface area contributed by atoms with Gasteiger partial charge < -0.3 is 19.3 Å². The van der Waals surface area contributed by atoms with E-state index in [1.54, 1.807) is 24.5 Å². The number of amides is 1. The zero-order chi connectivity index (χ0) is 30.7. The number of nitrogens with one attached hydrogen (secondary N) is 2. The molecule has 2 N–H and O–H groups in total. The normalized spacial score (nSPS) is 11.8. The predicted octanol–water partition coefficient (Wildman–Crippen LogP) is 3.58. The second kappa shape index (κ2) is 12.2. The Morgan fingerprint density at radius 2 is 1.67 bits per heavy atom. The van der Waals surface area contributed by atoms with Gasteiger partial charge in [-0.2, -0.15) is 4.31 Å². The average Bonchev–Trinajstić information content (AvgIpc) is 3.31. The maximum Gasteiger partial charge on any atom is 0.267 e. The number of pyridine rings is 1. The standard InChI is InChI=1S/C27H29N5O8S2/c1-17-26(18(2)40-30-17)41(34,35)31-23-14-25(39-5)24(38-4)13-22(23)27(33)29-20-8-10-21(11-9-20)42(36,37)32(3)16-19-7-6-12-28-15-19/h6-15,31H,16H2,1-5H3,(H,29,33). The van der Waals surface area contributed by atoms with Gasteiger partial charge in [0.05, 0.1) is 30.4 Å². The van der Waals surface area contributed by atoms with Crippen LogP contribution in [0.1, 0.15) is 27.4 Å². The highest BCUT2D eigenvalue weighted by Crippen LogP contribution is 2.35. The van der Waals surface area contributed by atoms with E-state index >= 15 is 0 Å². The molecular weight excluding hydrogens is 586 g/mol. The van der Waals surface area contributed by atoms with E-state index in [1.807, 2.05) is 0 Å². The van der Waals surface area contributed by atoms with Crippen LogP contribution in [0, 0.1) is 13.8 Å². The quantitative estimate of drug-likeness (QED) is 0.254. The molecule has 222 valence electrons. The van der Waals surface area contributed by atoms with Gasteiger partial charge in [0.25, 0.3) is 15.9 Å². The summed E-state index contributed by atoms with van der Waals surface area (Å²) in [4.78, 5) is 17.3. The van der Waals surface area contributed by atoms with Gasteiger partial charge in [-0.15, -0.1) is 0 Å². The summed E-state index contributed by atoms with van der Waals surface area (Å²) in [6.45, 7) is 3.06. The molecule has 4 aromatic rings. The number of hydrogen-bond donors (Lipinski definition) is 2. The van der Waals surface area contributed by atoms with Gasteiger partial charge in [-0.25, -0.2) is 16.8 Å². The maximum atomic E-state index is 13.4. The summed E-state index contributed by atoms with van der Waals surface area (Å²) >= 11 is 0. The minimum atomic E-state index is -4.22. The molecule has 1 amide bonds. The maximum absolute atomic E-state index is 13.4. The highest BCUT2D eigenvalue weighted by molar-refractivity contribution is 7.92. The number of sulfonamides is 2. The number of methoxy groups -OCH3 is 2. The monoisotopic (exact) mass is 615 g/mol. The summed E-state index contributed by atoms with van der Waals surface area (Å²) in [5.74, 6) is -0.263. The van der Waals surface area contributed by atoms with Crippen molar-refractivity contribution < 1.29 is 35.6 Å². The summed E-state index contributed by atoms with van der Waals surface area (Å²) in [7, 11) is -3.85. The predicted molar refractivity (Wildman–Crippen MR) is 154 cm³/mol. The van der Waals surface area contributed by atoms with Crippen molar-refractivity contribution in [3.63, 3.8) is 0 Å². The fourth-order valence-corrected chi connectivity index (χ4v) is 6.69. The lowest BCUT2D eigenvalue weighted by Crippen LogP contribution is -2.26. The minimum absolute atomic E-state index is 0.0194. The summed E-state index contributed by atoms with van der Waals surface area (Å²) in [5, 5.41) is 6.35. The van der Waals surface area contributed by atoms with Crippen LogP contribution in [-0.4, -0.2) is 58.5 Å². The van der Waals surface area contributed by atoms with Crippen molar-refractivity contribution in [3.05, 3.63) is 83.5 Å². The fourth-order valence-electron chi connectivity index (χ4n) is 4.13. The molecule has 13 nitrogen and oxygen atoms in total. The summed E-state index contributed by atoms with van der Waals surface area (Å²) in [5.41, 5.74) is 0.955. The molecule has 2 aromatic carbocycles. The number of aryl methyl sites for hydroxylation is 2. The van der Waals surface area contributed by atoms with Gasteiger partial charge in [0, 0.05) is 37.7 Å². The molecule has 0 saturated carbocycles. The van der Waals surface area contributed by atoms with Crippen molar-refractivity contribution in [2.45, 2.75) is 30.2 Å². The number of anilines is 2. The molecule has 0 bridgehead atoms. The van der Waals surface area contributed by atoms with Gasteiger partial charge in [-0.05, 0) is 55.8 Å². The molecule has 0 spiro atoms. The molecule has 0 aliphatic carbocycles. The van der Waals surface area contributed by atoms with E-state index in [4.69, 9.17) is 14.0 Å². The van der Waals surface area contributed by atoms with Crippen LogP contribution >= 0.6 is 0 Å². The van der Waals surface area contributed by atoms with Gasteiger partial charge in [-0.3, -0.25) is 14.5 Å². The highest BCUT2D eigenvalue weighted by Gasteiger charge is 2.28. The van der Waals surface area contributed by atoms with Crippen LogP contribution in [0.2, 0.25) is 0 Å². The fraction of sp³-hybridized carbons (Fsp3) is 0.222. The number of hydrogen-bond acceptors (Lipinski definition) is 10. The molecule has 0 aliphatic rings. The highest BCUT2D eigenvalue weighted by atomic mass is 32.2. The van der Waals surface area contributed by atoms with E-state index in [1.165, 1.54) is 75.8 Å². The lowest BCUT2D eigenvalue weighted by atomic mass is 10.1. The lowest BCUT2D eigenvalue weighted by molar-refractivity contribution is 0.102. The van der Waals surface area contributed by atoms with E-state index in [9.17, 15) is 21.6 Å². The van der Waals surface area contributed by atoms with Gasteiger partial charge in [0.15, 0.2) is 22.2 Å². The van der Waals surface area contributed by atoms with Crippen molar-refractivity contribution in [2.24, 2.45) is 0 Å². The molecule has 0 fully saturated rings. The first-order valence-corrected chi connectivity index (χ1v) is 15.3. The average molecular weight is 616 g/mol. The first-order valence-electron chi connectivity index (χ1n) is 12.4. The number of rotatable bonds is 11. The topological polar surface area (TPSA) is 170 Å². The molecule has 0 radical (unpaired) electrons. The second-order valence-corrected chi connectivity index (χ2v) is 12.8. The van der Waals surface area contributed by atoms with Crippen LogP contribution < -0.4 is 19.5 Å². The van der Waals surface area contributed by atoms with E-state index < -0.39 is 26.0 Å². The summed E-state index contributed by atoms with van der Waals surface area (Å²) < 4.78 is 71.8. The van der Waals surface area contributed by atoms with Gasteiger partial charge in [0.1, 0.15) is 5.69 Å². The first kappa shape index (κ1) is 30.5. The second-order valence-electron chi connectivity index (χ2n) is 9.11. The molecule has 0 saturated heterocycles. The van der Waals surface area contributed by atoms with Crippen LogP contribution in [-0.2, 0) is 26.6 Å². The van der Waals surface area contributed by atoms with Gasteiger partial charge >= 0.3 is 0 Å². The molecule has 42 heavy (non-hydrogen) atoms. The third-order valence-corrected chi connectivity index (χ3v) is 9.62.